The monoisotopic (exact) mass is 577 g/mol. The van der Waals surface area contributed by atoms with E-state index in [2.05, 4.69) is 26.3 Å². The van der Waals surface area contributed by atoms with E-state index < -0.39 is 42.5 Å². The SMILES string of the molecule is Nc1c(C(=O)NC(O)C(CNC(=O)c2c(Cl)cccc2Br)C(F)(F)F)cnn1-c1ccc(F)cc1. The van der Waals surface area contributed by atoms with Crippen molar-refractivity contribution in [2.45, 2.75) is 12.4 Å². The fourth-order valence-electron chi connectivity index (χ4n) is 3.05. The number of carbonyl (C=O) groups is 2. The molecule has 2 unspecified atom stereocenters. The zero-order valence-corrected chi connectivity index (χ0v) is 19.8. The van der Waals surface area contributed by atoms with Crippen LogP contribution in [0.1, 0.15) is 20.7 Å². The van der Waals surface area contributed by atoms with Crippen LogP contribution in [-0.4, -0.2) is 45.7 Å². The summed E-state index contributed by atoms with van der Waals surface area (Å²) in [5.41, 5.74) is 5.76. The number of aliphatic hydroxyl groups is 1. The number of aromatic nitrogens is 2. The number of rotatable bonds is 7. The summed E-state index contributed by atoms with van der Waals surface area (Å²) in [5.74, 6) is -5.39. The molecular weight excluding hydrogens is 562 g/mol. The van der Waals surface area contributed by atoms with Crippen LogP contribution in [0.4, 0.5) is 23.4 Å². The molecule has 0 spiro atoms. The molecule has 1 aromatic heterocycles. The van der Waals surface area contributed by atoms with E-state index in [-0.39, 0.29) is 26.4 Å². The third-order valence-corrected chi connectivity index (χ3v) is 5.85. The zero-order valence-electron chi connectivity index (χ0n) is 17.5. The Balaban J connectivity index is 1.73. The van der Waals surface area contributed by atoms with Crippen molar-refractivity contribution in [1.29, 1.82) is 0 Å². The average molecular weight is 579 g/mol. The molecule has 0 saturated carbocycles. The van der Waals surface area contributed by atoms with E-state index in [1.807, 2.05) is 5.32 Å². The normalized spacial score (nSPS) is 13.2. The quantitative estimate of drug-likeness (QED) is 0.252. The highest BCUT2D eigenvalue weighted by atomic mass is 79.9. The number of nitrogens with two attached hydrogens (primary N) is 1. The van der Waals surface area contributed by atoms with Crippen LogP contribution in [-0.2, 0) is 0 Å². The molecule has 0 saturated heterocycles. The lowest BCUT2D eigenvalue weighted by molar-refractivity contribution is -0.200. The van der Waals surface area contributed by atoms with Gasteiger partial charge in [0.15, 0.2) is 0 Å². The molecule has 8 nitrogen and oxygen atoms in total. The maximum absolute atomic E-state index is 13.6. The Morgan fingerprint density at radius 3 is 2.43 bits per heavy atom. The fourth-order valence-corrected chi connectivity index (χ4v) is 3.97. The lowest BCUT2D eigenvalue weighted by Crippen LogP contribution is -2.50. The minimum atomic E-state index is -5.00. The van der Waals surface area contributed by atoms with Gasteiger partial charge in [-0.25, -0.2) is 9.07 Å². The van der Waals surface area contributed by atoms with Crippen molar-refractivity contribution in [3.8, 4) is 5.69 Å². The smallest absolute Gasteiger partial charge is 0.383 e. The number of aliphatic hydroxyl groups excluding tert-OH is 1. The van der Waals surface area contributed by atoms with Crippen LogP contribution < -0.4 is 16.4 Å². The van der Waals surface area contributed by atoms with E-state index in [4.69, 9.17) is 17.3 Å². The second-order valence-electron chi connectivity index (χ2n) is 7.20. The average Bonchev–Trinajstić information content (AvgIpc) is 3.14. The van der Waals surface area contributed by atoms with Gasteiger partial charge in [0, 0.05) is 11.0 Å². The molecule has 35 heavy (non-hydrogen) atoms. The Bertz CT molecular complexity index is 1220. The molecule has 14 heteroatoms. The molecule has 0 aliphatic heterocycles. The molecule has 3 aromatic rings. The van der Waals surface area contributed by atoms with Crippen LogP contribution in [0.5, 0.6) is 0 Å². The van der Waals surface area contributed by atoms with Gasteiger partial charge in [0.25, 0.3) is 11.8 Å². The summed E-state index contributed by atoms with van der Waals surface area (Å²) < 4.78 is 55.3. The highest BCUT2D eigenvalue weighted by molar-refractivity contribution is 9.10. The van der Waals surface area contributed by atoms with Gasteiger partial charge in [0.1, 0.15) is 29.3 Å². The van der Waals surface area contributed by atoms with Gasteiger partial charge in [-0.3, -0.25) is 9.59 Å². The van der Waals surface area contributed by atoms with Crippen molar-refractivity contribution in [3.05, 3.63) is 75.1 Å². The largest absolute Gasteiger partial charge is 0.397 e. The Hall–Kier alpha value is -3.16. The van der Waals surface area contributed by atoms with Gasteiger partial charge in [0.05, 0.1) is 22.5 Å². The van der Waals surface area contributed by atoms with Crippen LogP contribution in [0.15, 0.2) is 53.1 Å². The summed E-state index contributed by atoms with van der Waals surface area (Å²) in [6, 6.07) is 9.31. The second-order valence-corrected chi connectivity index (χ2v) is 8.47. The highest BCUT2D eigenvalue weighted by Gasteiger charge is 2.45. The molecular formula is C21H17BrClF4N5O3. The minimum absolute atomic E-state index is 0.00271. The summed E-state index contributed by atoms with van der Waals surface area (Å²) in [4.78, 5) is 24.9. The molecule has 0 fully saturated rings. The predicted molar refractivity (Wildman–Crippen MR) is 122 cm³/mol. The maximum Gasteiger partial charge on any atom is 0.397 e. The molecule has 0 aliphatic rings. The lowest BCUT2D eigenvalue weighted by atomic mass is 10.1. The van der Waals surface area contributed by atoms with Crippen molar-refractivity contribution < 1.29 is 32.3 Å². The van der Waals surface area contributed by atoms with Crippen LogP contribution in [0.3, 0.4) is 0 Å². The third kappa shape index (κ3) is 6.10. The maximum atomic E-state index is 13.6. The van der Waals surface area contributed by atoms with Crippen LogP contribution in [0.2, 0.25) is 5.02 Å². The first kappa shape index (κ1) is 26.4. The predicted octanol–water partition coefficient (Wildman–Crippen LogP) is 3.67. The highest BCUT2D eigenvalue weighted by Crippen LogP contribution is 2.29. The lowest BCUT2D eigenvalue weighted by Gasteiger charge is -2.26. The van der Waals surface area contributed by atoms with Gasteiger partial charge >= 0.3 is 6.18 Å². The number of hydrogen-bond donors (Lipinski definition) is 4. The number of carbonyl (C=O) groups excluding carboxylic acids is 2. The molecule has 0 aliphatic carbocycles. The summed E-state index contributed by atoms with van der Waals surface area (Å²) in [5, 5.41) is 17.9. The molecule has 2 atom stereocenters. The fraction of sp³-hybridized carbons (Fsp3) is 0.190. The molecule has 5 N–H and O–H groups in total. The molecule has 186 valence electrons. The van der Waals surface area contributed by atoms with Crippen molar-refractivity contribution >= 4 is 45.2 Å². The number of amides is 2. The summed E-state index contributed by atoms with van der Waals surface area (Å²) in [6.45, 7) is -1.06. The van der Waals surface area contributed by atoms with Crippen molar-refractivity contribution in [2.75, 3.05) is 12.3 Å². The topological polar surface area (TPSA) is 122 Å². The van der Waals surface area contributed by atoms with E-state index in [9.17, 15) is 32.3 Å². The molecule has 2 aromatic carbocycles. The molecule has 2 amide bonds. The van der Waals surface area contributed by atoms with Crippen molar-refractivity contribution in [2.24, 2.45) is 5.92 Å². The molecule has 3 rings (SSSR count). The first-order valence-corrected chi connectivity index (χ1v) is 10.9. The third-order valence-electron chi connectivity index (χ3n) is 4.88. The number of nitrogen functional groups attached to an aromatic ring is 1. The number of hydrogen-bond acceptors (Lipinski definition) is 5. The first-order chi connectivity index (χ1) is 16.4. The van der Waals surface area contributed by atoms with E-state index in [1.54, 1.807) is 0 Å². The van der Waals surface area contributed by atoms with E-state index in [1.165, 1.54) is 30.3 Å². The Morgan fingerprint density at radius 1 is 1.17 bits per heavy atom. The second kappa shape index (κ2) is 10.6. The van der Waals surface area contributed by atoms with Gasteiger partial charge in [-0.2, -0.15) is 18.3 Å². The summed E-state index contributed by atoms with van der Waals surface area (Å²) in [6.07, 6.45) is -6.45. The molecule has 0 bridgehead atoms. The van der Waals surface area contributed by atoms with Gasteiger partial charge in [-0.1, -0.05) is 17.7 Å². The number of alkyl halides is 3. The molecule has 0 radical (unpaired) electrons. The standard InChI is InChI=1S/C21H17BrClF4N5O3/c22-14-2-1-3-15(23)16(14)20(35)29-9-13(21(25,26)27)19(34)31-18(33)12-8-30-32(17(12)28)11-6-4-10(24)5-7-11/h1-8,13,19,34H,9,28H2,(H,29,35)(H,31,33). The van der Waals surface area contributed by atoms with Gasteiger partial charge < -0.3 is 21.5 Å². The number of nitrogens with zero attached hydrogens (tertiary/aromatic N) is 2. The number of benzene rings is 2. The number of nitrogens with one attached hydrogen (secondary N) is 2. The number of anilines is 1. The Morgan fingerprint density at radius 2 is 1.83 bits per heavy atom. The van der Waals surface area contributed by atoms with Gasteiger partial charge in [-0.05, 0) is 52.3 Å². The van der Waals surface area contributed by atoms with E-state index in [0.717, 1.165) is 23.0 Å². The summed E-state index contributed by atoms with van der Waals surface area (Å²) in [7, 11) is 0. The van der Waals surface area contributed by atoms with Crippen LogP contribution >= 0.6 is 27.5 Å². The number of halogens is 6. The Labute approximate surface area is 209 Å². The van der Waals surface area contributed by atoms with Crippen molar-refractivity contribution in [1.82, 2.24) is 20.4 Å². The van der Waals surface area contributed by atoms with E-state index >= 15 is 0 Å². The first-order valence-electron chi connectivity index (χ1n) is 9.77. The zero-order chi connectivity index (χ0) is 25.9. The van der Waals surface area contributed by atoms with Crippen LogP contribution in [0.25, 0.3) is 5.69 Å². The van der Waals surface area contributed by atoms with Crippen molar-refractivity contribution in [3.63, 3.8) is 0 Å². The summed E-state index contributed by atoms with van der Waals surface area (Å²) >= 11 is 9.04. The van der Waals surface area contributed by atoms with Crippen LogP contribution in [0, 0.1) is 11.7 Å². The Kier molecular flexibility index (Phi) is 8.03. The van der Waals surface area contributed by atoms with Gasteiger partial charge in [0.2, 0.25) is 0 Å². The van der Waals surface area contributed by atoms with Gasteiger partial charge in [-0.15, -0.1) is 0 Å². The molecule has 1 heterocycles. The minimum Gasteiger partial charge on any atom is -0.383 e. The van der Waals surface area contributed by atoms with E-state index in [0.29, 0.717) is 5.69 Å².